The molecule has 0 bridgehead atoms. The molecule has 2 atom stereocenters. The summed E-state index contributed by atoms with van der Waals surface area (Å²) in [5.74, 6) is 1.62. The van der Waals surface area contributed by atoms with Crippen LogP contribution < -0.4 is 0 Å². The molecular formula is C10H18NO+. The van der Waals surface area contributed by atoms with Gasteiger partial charge in [0, 0.05) is 17.2 Å². The lowest BCUT2D eigenvalue weighted by Gasteiger charge is -2.26. The fourth-order valence-corrected chi connectivity index (χ4v) is 2.79. The highest BCUT2D eigenvalue weighted by molar-refractivity contribution is 4.76. The van der Waals surface area contributed by atoms with E-state index in [4.69, 9.17) is 0 Å². The molecule has 0 radical (unpaired) electrons. The van der Waals surface area contributed by atoms with Crippen LogP contribution in [0.4, 0.5) is 0 Å². The Morgan fingerprint density at radius 3 is 2.42 bits per heavy atom. The Morgan fingerprint density at radius 1 is 0.917 bits per heavy atom. The van der Waals surface area contributed by atoms with Crippen molar-refractivity contribution < 1.29 is 4.76 Å². The number of hydrogen-bond acceptors (Lipinski definition) is 1. The lowest BCUT2D eigenvalue weighted by molar-refractivity contribution is -0.553. The van der Waals surface area contributed by atoms with Crippen molar-refractivity contribution in [3.05, 3.63) is 4.91 Å². The summed E-state index contributed by atoms with van der Waals surface area (Å²) in [6.45, 7) is 1.61. The van der Waals surface area contributed by atoms with Crippen molar-refractivity contribution in [2.75, 3.05) is 13.1 Å². The zero-order valence-corrected chi connectivity index (χ0v) is 7.67. The van der Waals surface area contributed by atoms with Crippen molar-refractivity contribution in [3.63, 3.8) is 0 Å². The minimum atomic E-state index is 0.735. The molecule has 1 aliphatic carbocycles. The third-order valence-corrected chi connectivity index (χ3v) is 3.49. The third kappa shape index (κ3) is 1.67. The van der Waals surface area contributed by atoms with Crippen LogP contribution in [0.3, 0.4) is 0 Å². The second-order valence-corrected chi connectivity index (χ2v) is 4.33. The Morgan fingerprint density at radius 2 is 1.58 bits per heavy atom. The fourth-order valence-electron chi connectivity index (χ4n) is 2.79. The van der Waals surface area contributed by atoms with Crippen molar-refractivity contribution in [1.29, 1.82) is 0 Å². The van der Waals surface area contributed by atoms with E-state index >= 15 is 0 Å². The van der Waals surface area contributed by atoms with Crippen molar-refractivity contribution in [1.82, 2.24) is 0 Å². The second kappa shape index (κ2) is 3.55. The van der Waals surface area contributed by atoms with Gasteiger partial charge in [-0.1, -0.05) is 12.8 Å². The molecule has 0 unspecified atom stereocenters. The van der Waals surface area contributed by atoms with E-state index in [0.717, 1.165) is 31.3 Å². The van der Waals surface area contributed by atoms with Gasteiger partial charge in [-0.15, -0.1) is 0 Å². The molecule has 0 N–H and O–H groups in total. The molecule has 2 heteroatoms. The highest BCUT2D eigenvalue weighted by Gasteiger charge is 2.32. The topological polar surface area (TPSA) is 20.1 Å². The predicted molar refractivity (Wildman–Crippen MR) is 48.0 cm³/mol. The van der Waals surface area contributed by atoms with Crippen molar-refractivity contribution in [2.45, 2.75) is 38.5 Å². The predicted octanol–water partition coefficient (Wildman–Crippen LogP) is 2.37. The van der Waals surface area contributed by atoms with Crippen molar-refractivity contribution in [2.24, 2.45) is 11.8 Å². The maximum Gasteiger partial charge on any atom is 0.195 e. The maximum absolute atomic E-state index is 11.3. The van der Waals surface area contributed by atoms with Gasteiger partial charge in [-0.2, -0.15) is 0 Å². The smallest absolute Gasteiger partial charge is 0.0530 e. The average molecular weight is 168 g/mol. The van der Waals surface area contributed by atoms with Crippen LogP contribution in [-0.2, 0) is 0 Å². The van der Waals surface area contributed by atoms with Crippen LogP contribution in [-0.4, -0.2) is 17.8 Å². The number of nitrogens with zero attached hydrogens (tertiary/aromatic N) is 1. The first-order valence-corrected chi connectivity index (χ1v) is 5.28. The molecule has 1 heterocycles. The molecule has 12 heavy (non-hydrogen) atoms. The summed E-state index contributed by atoms with van der Waals surface area (Å²) < 4.78 is 1.29. The molecule has 1 saturated heterocycles. The molecule has 0 spiro atoms. The van der Waals surface area contributed by atoms with Gasteiger partial charge in [0.25, 0.3) is 0 Å². The highest BCUT2D eigenvalue weighted by Crippen LogP contribution is 2.34. The van der Waals surface area contributed by atoms with E-state index in [1.54, 1.807) is 0 Å². The third-order valence-electron chi connectivity index (χ3n) is 3.49. The Kier molecular flexibility index (Phi) is 2.43. The fraction of sp³-hybridized carbons (Fsp3) is 1.00. The van der Waals surface area contributed by atoms with Gasteiger partial charge >= 0.3 is 0 Å². The van der Waals surface area contributed by atoms with Crippen molar-refractivity contribution >= 4 is 0 Å². The lowest BCUT2D eigenvalue weighted by Crippen LogP contribution is -2.24. The van der Waals surface area contributed by atoms with E-state index in [1.807, 2.05) is 0 Å². The van der Waals surface area contributed by atoms with Gasteiger partial charge in [0.05, 0.1) is 0 Å². The van der Waals surface area contributed by atoms with E-state index in [9.17, 15) is 4.91 Å². The molecule has 1 aliphatic heterocycles. The summed E-state index contributed by atoms with van der Waals surface area (Å²) >= 11 is 0. The van der Waals surface area contributed by atoms with Gasteiger partial charge in [0.1, 0.15) is 0 Å². The van der Waals surface area contributed by atoms with Gasteiger partial charge in [0.2, 0.25) is 0 Å². The first-order chi connectivity index (χ1) is 5.86. The van der Waals surface area contributed by atoms with E-state index in [2.05, 4.69) is 0 Å². The SMILES string of the molecule is O=[N+]1CCC[C@@H]2CCCC[C@@H]2C1. The maximum atomic E-state index is 11.3. The van der Waals surface area contributed by atoms with E-state index in [0.29, 0.717) is 0 Å². The van der Waals surface area contributed by atoms with Crippen LogP contribution in [0.15, 0.2) is 0 Å². The van der Waals surface area contributed by atoms with E-state index < -0.39 is 0 Å². The Bertz CT molecular complexity index is 179. The number of fused-ring (bicyclic) bond motifs is 1. The number of rotatable bonds is 0. The molecule has 1 saturated carbocycles. The molecule has 2 nitrogen and oxygen atoms in total. The second-order valence-electron chi connectivity index (χ2n) is 4.33. The van der Waals surface area contributed by atoms with Crippen LogP contribution in [0, 0.1) is 16.7 Å². The first-order valence-electron chi connectivity index (χ1n) is 5.28. The van der Waals surface area contributed by atoms with Crippen LogP contribution in [0.2, 0.25) is 0 Å². The van der Waals surface area contributed by atoms with Crippen LogP contribution in [0.5, 0.6) is 0 Å². The zero-order valence-electron chi connectivity index (χ0n) is 7.67. The summed E-state index contributed by atoms with van der Waals surface area (Å²) in [6.07, 6.45) is 7.89. The Hall–Kier alpha value is -0.400. The molecule has 2 aliphatic rings. The lowest BCUT2D eigenvalue weighted by atomic mass is 9.78. The zero-order chi connectivity index (χ0) is 8.39. The minimum Gasteiger partial charge on any atom is -0.0530 e. The molecule has 0 aromatic carbocycles. The Labute approximate surface area is 73.9 Å². The number of hydrogen-bond donors (Lipinski definition) is 0. The standard InChI is InChI=1S/C10H18NO/c12-11-7-3-6-9-4-1-2-5-10(9)8-11/h9-10H,1-8H2/q+1/t9-,10+/m0/s1. The van der Waals surface area contributed by atoms with Crippen LogP contribution in [0.1, 0.15) is 38.5 Å². The summed E-state index contributed by atoms with van der Waals surface area (Å²) in [4.78, 5) is 11.3. The van der Waals surface area contributed by atoms with E-state index in [-0.39, 0.29) is 0 Å². The van der Waals surface area contributed by atoms with Gasteiger partial charge in [0.15, 0.2) is 13.1 Å². The summed E-state index contributed by atoms with van der Waals surface area (Å²) in [5, 5.41) is 0. The average Bonchev–Trinajstić information content (AvgIpc) is 2.25. The molecule has 68 valence electrons. The largest absolute Gasteiger partial charge is 0.195 e. The normalized spacial score (nSPS) is 37.2. The number of nitroso groups, excluding NO2 is 1. The van der Waals surface area contributed by atoms with Crippen molar-refractivity contribution in [3.8, 4) is 0 Å². The molecular weight excluding hydrogens is 150 g/mol. The minimum absolute atomic E-state index is 0.735. The summed E-state index contributed by atoms with van der Waals surface area (Å²) in [6, 6.07) is 0. The monoisotopic (exact) mass is 168 g/mol. The molecule has 0 amide bonds. The van der Waals surface area contributed by atoms with Gasteiger partial charge in [-0.25, -0.2) is 0 Å². The van der Waals surface area contributed by atoms with E-state index in [1.165, 1.54) is 36.9 Å². The molecule has 0 aromatic heterocycles. The molecule has 0 aromatic rings. The summed E-state index contributed by atoms with van der Waals surface area (Å²) in [7, 11) is 0. The Balaban J connectivity index is 2.01. The van der Waals surface area contributed by atoms with Gasteiger partial charge in [-0.3, -0.25) is 0 Å². The van der Waals surface area contributed by atoms with Crippen LogP contribution >= 0.6 is 0 Å². The van der Waals surface area contributed by atoms with Gasteiger partial charge < -0.3 is 0 Å². The molecule has 2 fully saturated rings. The molecule has 2 rings (SSSR count). The quantitative estimate of drug-likeness (QED) is 0.508. The van der Waals surface area contributed by atoms with Gasteiger partial charge in [-0.05, 0) is 29.9 Å². The highest BCUT2D eigenvalue weighted by atomic mass is 16.3. The first kappa shape index (κ1) is 8.21. The summed E-state index contributed by atoms with van der Waals surface area (Å²) in [5.41, 5.74) is 0. The van der Waals surface area contributed by atoms with Crippen LogP contribution in [0.25, 0.3) is 0 Å².